The molecule has 1 aliphatic rings. The molecule has 0 amide bonds. The standard InChI is InChI=1S/C27H26F2N4O3/c1-15(2)36-22-12-19(9-10-20(22)28)33-21-11-17-13-30-31-24(17)23(29)25(21)32(14-27(33,3)4)18-7-5-16(6-8-18)26(34)35/h5-13,15H,14H2,1-4H3,(H,30,31)(H,34,35). The Hall–Kier alpha value is -4.14. The summed E-state index contributed by atoms with van der Waals surface area (Å²) in [5.74, 6) is -1.87. The van der Waals surface area contributed by atoms with Crippen molar-refractivity contribution in [2.45, 2.75) is 39.3 Å². The van der Waals surface area contributed by atoms with Crippen molar-refractivity contribution in [1.82, 2.24) is 10.2 Å². The van der Waals surface area contributed by atoms with E-state index in [2.05, 4.69) is 10.2 Å². The van der Waals surface area contributed by atoms with Crippen LogP contribution in [0.1, 0.15) is 38.1 Å². The number of aromatic nitrogens is 2. The highest BCUT2D eigenvalue weighted by Crippen LogP contribution is 2.50. The van der Waals surface area contributed by atoms with Crippen LogP contribution in [0.4, 0.5) is 31.5 Å². The van der Waals surface area contributed by atoms with Gasteiger partial charge >= 0.3 is 5.97 Å². The van der Waals surface area contributed by atoms with Gasteiger partial charge < -0.3 is 19.6 Å². The Morgan fingerprint density at radius 1 is 1.11 bits per heavy atom. The van der Waals surface area contributed by atoms with E-state index in [1.807, 2.05) is 43.6 Å². The summed E-state index contributed by atoms with van der Waals surface area (Å²) in [6.45, 7) is 8.03. The van der Waals surface area contributed by atoms with Gasteiger partial charge in [-0.25, -0.2) is 13.6 Å². The number of ether oxygens (including phenoxy) is 1. The molecular weight excluding hydrogens is 466 g/mol. The summed E-state index contributed by atoms with van der Waals surface area (Å²) in [6, 6.07) is 12.8. The fourth-order valence-corrected chi connectivity index (χ4v) is 4.79. The lowest BCUT2D eigenvalue weighted by molar-refractivity contribution is 0.0697. The van der Waals surface area contributed by atoms with Gasteiger partial charge in [0.05, 0.1) is 29.1 Å². The Morgan fingerprint density at radius 2 is 1.81 bits per heavy atom. The third kappa shape index (κ3) is 3.90. The number of carboxylic acid groups (broad SMARTS) is 1. The van der Waals surface area contributed by atoms with Crippen LogP contribution in [0.3, 0.4) is 0 Å². The maximum atomic E-state index is 16.1. The fourth-order valence-electron chi connectivity index (χ4n) is 4.79. The molecule has 186 valence electrons. The van der Waals surface area contributed by atoms with Gasteiger partial charge in [-0.15, -0.1) is 0 Å². The minimum Gasteiger partial charge on any atom is -0.488 e. The number of nitrogens with one attached hydrogen (secondary N) is 1. The average Bonchev–Trinajstić information content (AvgIpc) is 3.29. The first-order valence-electron chi connectivity index (χ1n) is 11.6. The van der Waals surface area contributed by atoms with Crippen LogP contribution in [-0.4, -0.2) is 39.5 Å². The van der Waals surface area contributed by atoms with E-state index in [4.69, 9.17) is 4.74 Å². The highest BCUT2D eigenvalue weighted by atomic mass is 19.1. The molecule has 0 radical (unpaired) electrons. The number of hydrogen-bond acceptors (Lipinski definition) is 5. The number of aromatic amines is 1. The summed E-state index contributed by atoms with van der Waals surface area (Å²) in [7, 11) is 0. The molecular formula is C27H26F2N4O3. The second-order valence-electron chi connectivity index (χ2n) is 9.76. The molecule has 0 saturated heterocycles. The molecule has 3 aromatic carbocycles. The third-order valence-corrected chi connectivity index (χ3v) is 6.25. The molecule has 9 heteroatoms. The van der Waals surface area contributed by atoms with Crippen molar-refractivity contribution >= 4 is 39.6 Å². The molecule has 4 aromatic rings. The van der Waals surface area contributed by atoms with E-state index in [9.17, 15) is 14.3 Å². The van der Waals surface area contributed by atoms with Gasteiger partial charge in [0, 0.05) is 29.4 Å². The van der Waals surface area contributed by atoms with Crippen molar-refractivity contribution in [3.05, 3.63) is 71.9 Å². The van der Waals surface area contributed by atoms with E-state index in [1.54, 1.807) is 30.5 Å². The molecule has 0 saturated carbocycles. The molecule has 0 atom stereocenters. The number of H-pyrrole nitrogens is 1. The highest BCUT2D eigenvalue weighted by molar-refractivity contribution is 5.96. The summed E-state index contributed by atoms with van der Waals surface area (Å²) in [4.78, 5) is 15.2. The van der Waals surface area contributed by atoms with Crippen molar-refractivity contribution in [3.8, 4) is 5.75 Å². The van der Waals surface area contributed by atoms with E-state index in [0.29, 0.717) is 34.7 Å². The van der Waals surface area contributed by atoms with Crippen LogP contribution in [0, 0.1) is 11.6 Å². The quantitative estimate of drug-likeness (QED) is 0.336. The number of carboxylic acids is 1. The molecule has 2 heterocycles. The van der Waals surface area contributed by atoms with Crippen LogP contribution in [0.25, 0.3) is 10.9 Å². The van der Waals surface area contributed by atoms with Crippen LogP contribution in [-0.2, 0) is 0 Å². The Balaban J connectivity index is 1.73. The summed E-state index contributed by atoms with van der Waals surface area (Å²) in [6.07, 6.45) is 1.34. The summed E-state index contributed by atoms with van der Waals surface area (Å²) in [5, 5.41) is 16.6. The monoisotopic (exact) mass is 492 g/mol. The number of anilines is 4. The smallest absolute Gasteiger partial charge is 0.335 e. The van der Waals surface area contributed by atoms with Gasteiger partial charge in [-0.2, -0.15) is 5.10 Å². The number of nitrogens with zero attached hydrogens (tertiary/aromatic N) is 3. The van der Waals surface area contributed by atoms with E-state index in [1.165, 1.54) is 18.2 Å². The topological polar surface area (TPSA) is 81.7 Å². The second-order valence-corrected chi connectivity index (χ2v) is 9.76. The first-order chi connectivity index (χ1) is 17.1. The number of rotatable bonds is 5. The molecule has 0 aliphatic carbocycles. The van der Waals surface area contributed by atoms with Crippen molar-refractivity contribution in [3.63, 3.8) is 0 Å². The molecule has 5 rings (SSSR count). The van der Waals surface area contributed by atoms with Gasteiger partial charge in [-0.1, -0.05) is 0 Å². The normalized spacial score (nSPS) is 14.9. The zero-order valence-electron chi connectivity index (χ0n) is 20.3. The number of hydrogen-bond donors (Lipinski definition) is 2. The lowest BCUT2D eigenvalue weighted by Crippen LogP contribution is -2.53. The van der Waals surface area contributed by atoms with E-state index >= 15 is 4.39 Å². The molecule has 36 heavy (non-hydrogen) atoms. The largest absolute Gasteiger partial charge is 0.488 e. The predicted molar refractivity (Wildman–Crippen MR) is 135 cm³/mol. The molecule has 7 nitrogen and oxygen atoms in total. The first-order valence-corrected chi connectivity index (χ1v) is 11.6. The second kappa shape index (κ2) is 8.51. The van der Waals surface area contributed by atoms with Crippen LogP contribution in [0.2, 0.25) is 0 Å². The average molecular weight is 493 g/mol. The van der Waals surface area contributed by atoms with E-state index < -0.39 is 23.1 Å². The lowest BCUT2D eigenvalue weighted by atomic mass is 9.93. The summed E-state index contributed by atoms with van der Waals surface area (Å²) < 4.78 is 36.3. The van der Waals surface area contributed by atoms with Gasteiger partial charge in [0.2, 0.25) is 0 Å². The number of fused-ring (bicyclic) bond motifs is 2. The van der Waals surface area contributed by atoms with Gasteiger partial charge in [-0.3, -0.25) is 5.10 Å². The van der Waals surface area contributed by atoms with Crippen LogP contribution < -0.4 is 14.5 Å². The number of carbonyl (C=O) groups is 1. The van der Waals surface area contributed by atoms with Crippen LogP contribution in [0.15, 0.2) is 54.7 Å². The molecule has 0 fully saturated rings. The Bertz CT molecular complexity index is 1460. The van der Waals surface area contributed by atoms with E-state index in [0.717, 1.165) is 0 Å². The first kappa shape index (κ1) is 23.6. The van der Waals surface area contributed by atoms with Crippen molar-refractivity contribution in [2.24, 2.45) is 0 Å². The van der Waals surface area contributed by atoms with Crippen molar-refractivity contribution in [2.75, 3.05) is 16.3 Å². The highest BCUT2D eigenvalue weighted by Gasteiger charge is 2.41. The number of benzene rings is 3. The maximum Gasteiger partial charge on any atom is 0.335 e. The SMILES string of the molecule is CC(C)Oc1cc(N2c3cc4cn[nH]c4c(F)c3N(c3ccc(C(=O)O)cc3)CC2(C)C)ccc1F. The molecule has 1 aromatic heterocycles. The lowest BCUT2D eigenvalue weighted by Gasteiger charge is -2.50. The van der Waals surface area contributed by atoms with Gasteiger partial charge in [0.25, 0.3) is 0 Å². The summed E-state index contributed by atoms with van der Waals surface area (Å²) in [5.41, 5.74) is 2.01. The van der Waals surface area contributed by atoms with Crippen molar-refractivity contribution in [1.29, 1.82) is 0 Å². The Morgan fingerprint density at radius 3 is 2.47 bits per heavy atom. The Labute approximate surface area is 206 Å². The number of aromatic carboxylic acids is 1. The van der Waals surface area contributed by atoms with Gasteiger partial charge in [0.15, 0.2) is 17.4 Å². The molecule has 2 N–H and O–H groups in total. The zero-order chi connectivity index (χ0) is 25.8. The summed E-state index contributed by atoms with van der Waals surface area (Å²) >= 11 is 0. The van der Waals surface area contributed by atoms with Gasteiger partial charge in [-0.05, 0) is 70.2 Å². The van der Waals surface area contributed by atoms with Crippen LogP contribution >= 0.6 is 0 Å². The zero-order valence-corrected chi connectivity index (χ0v) is 20.3. The molecule has 0 bridgehead atoms. The van der Waals surface area contributed by atoms with Gasteiger partial charge in [0.1, 0.15) is 11.2 Å². The molecule has 0 unspecified atom stereocenters. The number of halogens is 2. The van der Waals surface area contributed by atoms with Crippen LogP contribution in [0.5, 0.6) is 5.75 Å². The molecule has 0 spiro atoms. The predicted octanol–water partition coefficient (Wildman–Crippen LogP) is 6.39. The minimum absolute atomic E-state index is 0.122. The Kier molecular flexibility index (Phi) is 5.58. The van der Waals surface area contributed by atoms with Crippen molar-refractivity contribution < 1.29 is 23.4 Å². The van der Waals surface area contributed by atoms with E-state index in [-0.39, 0.29) is 22.9 Å². The maximum absolute atomic E-state index is 16.1. The third-order valence-electron chi connectivity index (χ3n) is 6.25. The fraction of sp³-hybridized carbons (Fsp3) is 0.259. The minimum atomic E-state index is -1.03. The molecule has 1 aliphatic heterocycles.